The fraction of sp³-hybridized carbons (Fsp3) is 0.450. The molecule has 1 aromatic carbocycles. The third-order valence-corrected chi connectivity index (χ3v) is 5.00. The van der Waals surface area contributed by atoms with Crippen LogP contribution in [0.4, 0.5) is 0 Å². The Morgan fingerprint density at radius 2 is 1.72 bits per heavy atom. The fourth-order valence-corrected chi connectivity index (χ4v) is 3.53. The van der Waals surface area contributed by atoms with Crippen LogP contribution in [0, 0.1) is 6.92 Å². The van der Waals surface area contributed by atoms with Gasteiger partial charge in [0.1, 0.15) is 16.7 Å². The molecular weight excluding hydrogens is 338 g/mol. The maximum atomic E-state index is 6.13. The average Bonchev–Trinajstić information content (AvgIpc) is 3.14. The molecule has 1 aromatic heterocycles. The van der Waals surface area contributed by atoms with Crippen molar-refractivity contribution in [2.75, 3.05) is 14.2 Å². The first-order valence-corrected chi connectivity index (χ1v) is 8.99. The lowest BCUT2D eigenvalue weighted by atomic mass is 10.00. The van der Waals surface area contributed by atoms with E-state index in [9.17, 15) is 0 Å². The third kappa shape index (κ3) is 4.07. The maximum Gasteiger partial charge on any atom is 0.129 e. The van der Waals surface area contributed by atoms with Crippen molar-refractivity contribution >= 4 is 11.6 Å². The third-order valence-electron chi connectivity index (χ3n) is 4.80. The minimum Gasteiger partial charge on any atom is -0.496 e. The van der Waals surface area contributed by atoms with Crippen molar-refractivity contribution in [2.24, 2.45) is 0 Å². The Balaban J connectivity index is 1.95. The van der Waals surface area contributed by atoms with Crippen molar-refractivity contribution in [3.05, 3.63) is 40.7 Å². The molecule has 1 saturated carbocycles. The summed E-state index contributed by atoms with van der Waals surface area (Å²) in [7, 11) is 3.32. The standard InChI is InChI=1S/C20H24ClNO3/c1-13-18(23-2)8-14(9-19(13)24-3)17-11-22-20(21)10-15(17)12-25-16-6-4-5-7-16/h8-11,16H,4-7,12H2,1-3H3. The molecule has 0 radical (unpaired) electrons. The summed E-state index contributed by atoms with van der Waals surface area (Å²) in [5, 5.41) is 0.472. The Labute approximate surface area is 154 Å². The average molecular weight is 362 g/mol. The summed E-state index contributed by atoms with van der Waals surface area (Å²) < 4.78 is 17.1. The molecule has 134 valence electrons. The number of halogens is 1. The van der Waals surface area contributed by atoms with Crippen LogP contribution < -0.4 is 9.47 Å². The summed E-state index contributed by atoms with van der Waals surface area (Å²) in [5.74, 6) is 1.57. The highest BCUT2D eigenvalue weighted by molar-refractivity contribution is 6.29. The number of benzene rings is 1. The second-order valence-electron chi connectivity index (χ2n) is 6.39. The zero-order valence-corrected chi connectivity index (χ0v) is 15.7. The Kier molecular flexibility index (Phi) is 5.82. The number of ether oxygens (including phenoxy) is 3. The van der Waals surface area contributed by atoms with Crippen LogP contribution in [0.2, 0.25) is 5.15 Å². The first kappa shape index (κ1) is 18.0. The number of methoxy groups -OCH3 is 2. The second kappa shape index (κ2) is 8.07. The van der Waals surface area contributed by atoms with E-state index in [1.807, 2.05) is 25.1 Å². The SMILES string of the molecule is COc1cc(-c2cnc(Cl)cc2COC2CCCC2)cc(OC)c1C. The highest BCUT2D eigenvalue weighted by atomic mass is 35.5. The summed E-state index contributed by atoms with van der Waals surface area (Å²) in [6.07, 6.45) is 6.92. The minimum atomic E-state index is 0.349. The number of nitrogens with zero attached hydrogens (tertiary/aromatic N) is 1. The van der Waals surface area contributed by atoms with E-state index in [-0.39, 0.29) is 0 Å². The zero-order valence-electron chi connectivity index (χ0n) is 15.0. The van der Waals surface area contributed by atoms with Gasteiger partial charge in [-0.25, -0.2) is 4.98 Å². The van der Waals surface area contributed by atoms with E-state index < -0.39 is 0 Å². The van der Waals surface area contributed by atoms with Gasteiger partial charge in [-0.15, -0.1) is 0 Å². The van der Waals surface area contributed by atoms with Gasteiger partial charge in [-0.2, -0.15) is 0 Å². The number of rotatable bonds is 6. The van der Waals surface area contributed by atoms with Gasteiger partial charge in [0.15, 0.2) is 0 Å². The maximum absolute atomic E-state index is 6.13. The summed E-state index contributed by atoms with van der Waals surface area (Å²) in [4.78, 5) is 4.26. The van der Waals surface area contributed by atoms with Crippen molar-refractivity contribution in [1.82, 2.24) is 4.98 Å². The van der Waals surface area contributed by atoms with Crippen LogP contribution in [0.15, 0.2) is 24.4 Å². The number of hydrogen-bond donors (Lipinski definition) is 0. The predicted octanol–water partition coefficient (Wildman–Crippen LogP) is 5.19. The summed E-state index contributed by atoms with van der Waals surface area (Å²) in [6, 6.07) is 5.88. The van der Waals surface area contributed by atoms with Crippen LogP contribution in [0.1, 0.15) is 36.8 Å². The number of hydrogen-bond acceptors (Lipinski definition) is 4. The molecule has 0 bridgehead atoms. The van der Waals surface area contributed by atoms with Gasteiger partial charge < -0.3 is 14.2 Å². The van der Waals surface area contributed by atoms with Crippen LogP contribution >= 0.6 is 11.6 Å². The van der Waals surface area contributed by atoms with Gasteiger partial charge in [0.2, 0.25) is 0 Å². The Hall–Kier alpha value is -1.78. The molecule has 1 fully saturated rings. The topological polar surface area (TPSA) is 40.6 Å². The molecule has 2 aromatic rings. The van der Waals surface area contributed by atoms with Gasteiger partial charge in [0.25, 0.3) is 0 Å². The van der Waals surface area contributed by atoms with Gasteiger partial charge in [-0.05, 0) is 49.1 Å². The van der Waals surface area contributed by atoms with Crippen molar-refractivity contribution in [3.63, 3.8) is 0 Å². The molecular formula is C20H24ClNO3. The molecule has 0 amide bonds. The van der Waals surface area contributed by atoms with Crippen LogP contribution in [0.5, 0.6) is 11.5 Å². The van der Waals surface area contributed by atoms with E-state index in [4.69, 9.17) is 25.8 Å². The van der Waals surface area contributed by atoms with E-state index in [0.717, 1.165) is 46.6 Å². The first-order valence-electron chi connectivity index (χ1n) is 8.61. The number of pyridine rings is 1. The molecule has 0 aliphatic heterocycles. The largest absolute Gasteiger partial charge is 0.496 e. The van der Waals surface area contributed by atoms with E-state index in [0.29, 0.717) is 17.9 Å². The lowest BCUT2D eigenvalue weighted by molar-refractivity contribution is 0.0459. The smallest absolute Gasteiger partial charge is 0.129 e. The van der Waals surface area contributed by atoms with Crippen molar-refractivity contribution in [2.45, 2.75) is 45.3 Å². The van der Waals surface area contributed by atoms with E-state index in [2.05, 4.69) is 4.98 Å². The van der Waals surface area contributed by atoms with Crippen molar-refractivity contribution < 1.29 is 14.2 Å². The first-order chi connectivity index (χ1) is 12.1. The van der Waals surface area contributed by atoms with Gasteiger partial charge in [0.05, 0.1) is 26.9 Å². The molecule has 5 heteroatoms. The zero-order chi connectivity index (χ0) is 17.8. The summed E-state index contributed by atoms with van der Waals surface area (Å²) in [6.45, 7) is 2.51. The van der Waals surface area contributed by atoms with Gasteiger partial charge >= 0.3 is 0 Å². The number of aromatic nitrogens is 1. The molecule has 0 N–H and O–H groups in total. The molecule has 25 heavy (non-hydrogen) atoms. The molecule has 3 rings (SSSR count). The Morgan fingerprint density at radius 3 is 2.32 bits per heavy atom. The van der Waals surface area contributed by atoms with Gasteiger partial charge in [0, 0.05) is 17.3 Å². The molecule has 1 aliphatic rings. The molecule has 4 nitrogen and oxygen atoms in total. The molecule has 0 saturated heterocycles. The van der Waals surface area contributed by atoms with E-state index in [1.54, 1.807) is 20.4 Å². The van der Waals surface area contributed by atoms with Gasteiger partial charge in [-0.1, -0.05) is 24.4 Å². The van der Waals surface area contributed by atoms with Gasteiger partial charge in [-0.3, -0.25) is 0 Å². The Morgan fingerprint density at radius 1 is 1.08 bits per heavy atom. The molecule has 1 heterocycles. The van der Waals surface area contributed by atoms with E-state index in [1.165, 1.54) is 12.8 Å². The van der Waals surface area contributed by atoms with Crippen molar-refractivity contribution in [3.8, 4) is 22.6 Å². The minimum absolute atomic E-state index is 0.349. The molecule has 1 aliphatic carbocycles. The quantitative estimate of drug-likeness (QED) is 0.664. The van der Waals surface area contributed by atoms with Crippen molar-refractivity contribution in [1.29, 1.82) is 0 Å². The summed E-state index contributed by atoms with van der Waals surface area (Å²) >= 11 is 6.13. The van der Waals surface area contributed by atoms with Crippen LogP contribution in [0.25, 0.3) is 11.1 Å². The molecule has 0 unspecified atom stereocenters. The lowest BCUT2D eigenvalue weighted by Crippen LogP contribution is -2.08. The second-order valence-corrected chi connectivity index (χ2v) is 6.77. The molecule has 0 spiro atoms. The molecule has 0 atom stereocenters. The monoisotopic (exact) mass is 361 g/mol. The highest BCUT2D eigenvalue weighted by Gasteiger charge is 2.18. The summed E-state index contributed by atoms with van der Waals surface area (Å²) in [5.41, 5.74) is 3.96. The highest BCUT2D eigenvalue weighted by Crippen LogP contribution is 2.36. The Bertz CT molecular complexity index is 717. The van der Waals surface area contributed by atoms with Crippen LogP contribution in [-0.4, -0.2) is 25.3 Å². The fourth-order valence-electron chi connectivity index (χ4n) is 3.35. The van der Waals surface area contributed by atoms with Crippen LogP contribution in [-0.2, 0) is 11.3 Å². The normalized spacial score (nSPS) is 14.7. The lowest BCUT2D eigenvalue weighted by Gasteiger charge is -2.17. The van der Waals surface area contributed by atoms with E-state index >= 15 is 0 Å². The predicted molar refractivity (Wildman–Crippen MR) is 99.6 cm³/mol. The van der Waals surface area contributed by atoms with Crippen LogP contribution in [0.3, 0.4) is 0 Å².